The Kier molecular flexibility index (Phi) is 6.22. The Morgan fingerprint density at radius 3 is 2.79 bits per heavy atom. The van der Waals surface area contributed by atoms with E-state index in [0.717, 1.165) is 53.4 Å². The number of benzene rings is 1. The van der Waals surface area contributed by atoms with Crippen LogP contribution in [-0.2, 0) is 0 Å². The number of aromatic amines is 1. The van der Waals surface area contributed by atoms with Crippen molar-refractivity contribution >= 4 is 16.6 Å². The molecule has 1 aromatic carbocycles. The summed E-state index contributed by atoms with van der Waals surface area (Å²) >= 11 is 0. The molecule has 29 heavy (non-hydrogen) atoms. The number of H-pyrrole nitrogens is 1. The molecule has 6 heteroatoms. The maximum atomic E-state index is 6.46. The van der Waals surface area contributed by atoms with Crippen molar-refractivity contribution in [3.63, 3.8) is 0 Å². The van der Waals surface area contributed by atoms with Crippen molar-refractivity contribution in [2.75, 3.05) is 20.1 Å². The highest BCUT2D eigenvalue weighted by atomic mass is 16.5. The Morgan fingerprint density at radius 1 is 1.41 bits per heavy atom. The van der Waals surface area contributed by atoms with Gasteiger partial charge in [-0.1, -0.05) is 6.58 Å². The van der Waals surface area contributed by atoms with Crippen LogP contribution in [0.3, 0.4) is 0 Å². The largest absolute Gasteiger partial charge is 0.488 e. The number of aromatic nitrogens is 2. The Bertz CT molecular complexity index is 906. The van der Waals surface area contributed by atoms with Gasteiger partial charge in [-0.25, -0.2) is 4.98 Å². The van der Waals surface area contributed by atoms with Crippen LogP contribution >= 0.6 is 0 Å². The second-order valence-corrected chi connectivity index (χ2v) is 9.06. The molecular formula is C23H35N5O. The maximum Gasteiger partial charge on any atom is 0.148 e. The highest BCUT2D eigenvalue weighted by Crippen LogP contribution is 2.32. The normalized spacial score (nSPS) is 18.8. The quantitative estimate of drug-likeness (QED) is 0.573. The summed E-state index contributed by atoms with van der Waals surface area (Å²) in [6.07, 6.45) is 3.12. The summed E-state index contributed by atoms with van der Waals surface area (Å²) in [7, 11) is 1.96. The highest BCUT2D eigenvalue weighted by Gasteiger charge is 2.26. The molecule has 0 aliphatic carbocycles. The van der Waals surface area contributed by atoms with E-state index in [1.807, 2.05) is 14.0 Å². The van der Waals surface area contributed by atoms with Gasteiger partial charge in [-0.2, -0.15) is 0 Å². The first-order valence-electron chi connectivity index (χ1n) is 10.4. The zero-order chi connectivity index (χ0) is 21.2. The second kappa shape index (κ2) is 8.49. The fourth-order valence-electron chi connectivity index (χ4n) is 3.58. The zero-order valence-corrected chi connectivity index (χ0v) is 18.6. The van der Waals surface area contributed by atoms with Crippen LogP contribution < -0.4 is 20.7 Å². The Balaban J connectivity index is 1.97. The molecule has 0 radical (unpaired) electrons. The van der Waals surface area contributed by atoms with Crippen LogP contribution in [0.1, 0.15) is 45.5 Å². The van der Waals surface area contributed by atoms with E-state index in [2.05, 4.69) is 78.5 Å². The molecule has 6 nitrogen and oxygen atoms in total. The van der Waals surface area contributed by atoms with Crippen LogP contribution in [0.15, 0.2) is 30.6 Å². The molecule has 1 aromatic heterocycles. The number of likely N-dealkylation sites (N-methyl/N-ethyl adjacent to an activating group) is 1. The molecule has 2 aromatic rings. The summed E-state index contributed by atoms with van der Waals surface area (Å²) in [6, 6.07) is 4.27. The molecule has 2 heterocycles. The highest BCUT2D eigenvalue weighted by molar-refractivity contribution is 5.87. The van der Waals surface area contributed by atoms with Gasteiger partial charge in [0.05, 0.1) is 5.52 Å². The third kappa shape index (κ3) is 5.32. The van der Waals surface area contributed by atoms with E-state index >= 15 is 0 Å². The smallest absolute Gasteiger partial charge is 0.148 e. The lowest BCUT2D eigenvalue weighted by molar-refractivity contribution is 0.164. The van der Waals surface area contributed by atoms with Crippen molar-refractivity contribution in [1.82, 2.24) is 25.9 Å². The molecule has 158 valence electrons. The first-order valence-corrected chi connectivity index (χ1v) is 10.4. The summed E-state index contributed by atoms with van der Waals surface area (Å²) in [6.45, 7) is 16.3. The van der Waals surface area contributed by atoms with Gasteiger partial charge in [-0.15, -0.1) is 0 Å². The fraction of sp³-hybridized carbons (Fsp3) is 0.522. The molecule has 1 saturated heterocycles. The third-order valence-corrected chi connectivity index (χ3v) is 5.19. The number of hydrogen-bond donors (Lipinski definition) is 4. The number of aryl methyl sites for hydroxylation is 1. The maximum absolute atomic E-state index is 6.46. The summed E-state index contributed by atoms with van der Waals surface area (Å²) in [4.78, 5) is 8.05. The minimum absolute atomic E-state index is 0.000614. The molecule has 4 N–H and O–H groups in total. The number of nitrogens with one attached hydrogen (secondary N) is 4. The van der Waals surface area contributed by atoms with Crippen LogP contribution in [0, 0.1) is 12.8 Å². The van der Waals surface area contributed by atoms with E-state index in [9.17, 15) is 0 Å². The predicted octanol–water partition coefficient (Wildman–Crippen LogP) is 3.71. The van der Waals surface area contributed by atoms with Gasteiger partial charge in [-0.05, 0) is 71.4 Å². The van der Waals surface area contributed by atoms with Crippen molar-refractivity contribution in [3.8, 4) is 5.75 Å². The van der Waals surface area contributed by atoms with Crippen molar-refractivity contribution in [3.05, 3.63) is 42.0 Å². The van der Waals surface area contributed by atoms with Crippen molar-refractivity contribution in [2.45, 2.75) is 52.7 Å². The first kappa shape index (κ1) is 21.2. The number of imidazole rings is 1. The Morgan fingerprint density at radius 2 is 2.17 bits per heavy atom. The molecule has 1 aliphatic rings. The SMILES string of the molecule is C=C1C[C@@H]([C@@H](C)Oc2cc(/C(=C/NC(C)(C)C)CNC)cc3[nH]c(C)nc23)CN1. The van der Waals surface area contributed by atoms with Gasteiger partial charge >= 0.3 is 0 Å². The molecule has 0 saturated carbocycles. The summed E-state index contributed by atoms with van der Waals surface area (Å²) in [5, 5.41) is 10.1. The second-order valence-electron chi connectivity index (χ2n) is 9.06. The van der Waals surface area contributed by atoms with Gasteiger partial charge in [0.2, 0.25) is 0 Å². The van der Waals surface area contributed by atoms with Gasteiger partial charge in [0.1, 0.15) is 23.2 Å². The molecule has 3 rings (SSSR count). The van der Waals surface area contributed by atoms with E-state index < -0.39 is 0 Å². The lowest BCUT2D eigenvalue weighted by atomic mass is 10.0. The zero-order valence-electron chi connectivity index (χ0n) is 18.6. The summed E-state index contributed by atoms with van der Waals surface area (Å²) in [5.74, 6) is 2.12. The predicted molar refractivity (Wildman–Crippen MR) is 121 cm³/mol. The van der Waals surface area contributed by atoms with E-state index in [1.165, 1.54) is 5.57 Å². The standard InChI is InChI=1S/C23H35N5O/c1-14-8-18(12-25-14)15(2)29-21-10-17(9-20-22(21)28-16(3)27-20)19(11-24-7)13-26-23(4,5)6/h9-10,13,15,18,24-26H,1,8,11-12H2,2-7H3,(H,27,28)/b19-13+/t15-,18-/m1/s1. The molecule has 1 aliphatic heterocycles. The molecule has 2 atom stereocenters. The molecule has 0 bridgehead atoms. The fourth-order valence-corrected chi connectivity index (χ4v) is 3.58. The van der Waals surface area contributed by atoms with E-state index in [0.29, 0.717) is 5.92 Å². The molecular weight excluding hydrogens is 362 g/mol. The van der Waals surface area contributed by atoms with Gasteiger partial charge in [-0.3, -0.25) is 0 Å². The van der Waals surface area contributed by atoms with Gasteiger partial charge in [0, 0.05) is 36.4 Å². The topological polar surface area (TPSA) is 74.0 Å². The van der Waals surface area contributed by atoms with Crippen molar-refractivity contribution in [2.24, 2.45) is 5.92 Å². The van der Waals surface area contributed by atoms with Crippen molar-refractivity contribution in [1.29, 1.82) is 0 Å². The van der Waals surface area contributed by atoms with Crippen LogP contribution in [0.5, 0.6) is 5.75 Å². The minimum atomic E-state index is -0.000614. The van der Waals surface area contributed by atoms with Crippen LogP contribution in [0.25, 0.3) is 16.6 Å². The molecule has 0 spiro atoms. The average Bonchev–Trinajstić information content (AvgIpc) is 3.22. The van der Waals surface area contributed by atoms with E-state index in [4.69, 9.17) is 4.74 Å². The number of fused-ring (bicyclic) bond motifs is 1. The average molecular weight is 398 g/mol. The van der Waals surface area contributed by atoms with Crippen LogP contribution in [0.2, 0.25) is 0 Å². The molecule has 0 amide bonds. The third-order valence-electron chi connectivity index (χ3n) is 5.19. The van der Waals surface area contributed by atoms with Gasteiger partial charge < -0.3 is 25.7 Å². The lowest BCUT2D eigenvalue weighted by Crippen LogP contribution is -2.32. The van der Waals surface area contributed by atoms with Crippen LogP contribution in [-0.4, -0.2) is 41.7 Å². The number of rotatable bonds is 7. The number of ether oxygens (including phenoxy) is 1. The first-order chi connectivity index (χ1) is 13.7. The number of allylic oxidation sites excluding steroid dienone is 1. The Hall–Kier alpha value is -2.47. The van der Waals surface area contributed by atoms with E-state index in [1.54, 1.807) is 0 Å². The van der Waals surface area contributed by atoms with Gasteiger partial charge in [0.25, 0.3) is 0 Å². The summed E-state index contributed by atoms with van der Waals surface area (Å²) in [5.41, 5.74) is 5.25. The summed E-state index contributed by atoms with van der Waals surface area (Å²) < 4.78 is 6.46. The van der Waals surface area contributed by atoms with Gasteiger partial charge in [0.15, 0.2) is 0 Å². The molecule has 0 unspecified atom stereocenters. The van der Waals surface area contributed by atoms with E-state index in [-0.39, 0.29) is 11.6 Å². The minimum Gasteiger partial charge on any atom is -0.488 e. The Labute approximate surface area is 174 Å². The number of nitrogens with zero attached hydrogens (tertiary/aromatic N) is 1. The van der Waals surface area contributed by atoms with Crippen LogP contribution in [0.4, 0.5) is 0 Å². The lowest BCUT2D eigenvalue weighted by Gasteiger charge is -2.22. The molecule has 1 fully saturated rings. The van der Waals surface area contributed by atoms with Crippen molar-refractivity contribution < 1.29 is 4.74 Å². The number of hydrogen-bond acceptors (Lipinski definition) is 5. The monoisotopic (exact) mass is 397 g/mol.